The van der Waals surface area contributed by atoms with Gasteiger partial charge in [0.1, 0.15) is 5.82 Å². The van der Waals surface area contributed by atoms with E-state index in [4.69, 9.17) is 23.2 Å². The number of nitrogens with zero attached hydrogens (tertiary/aromatic N) is 2. The van der Waals surface area contributed by atoms with Gasteiger partial charge >= 0.3 is 0 Å². The largest absolute Gasteiger partial charge is 0.325 e. The van der Waals surface area contributed by atoms with Crippen molar-refractivity contribution in [2.75, 3.05) is 0 Å². The lowest BCUT2D eigenvalue weighted by atomic mass is 10.2. The molecule has 2 rings (SSSR count). The summed E-state index contributed by atoms with van der Waals surface area (Å²) in [5.41, 5.74) is 1.51. The van der Waals surface area contributed by atoms with Gasteiger partial charge < -0.3 is 4.57 Å². The lowest BCUT2D eigenvalue weighted by Gasteiger charge is -2.05. The molecule has 1 aromatic carbocycles. The molecule has 0 aliphatic heterocycles. The first-order chi connectivity index (χ1) is 8.61. The Labute approximate surface area is 119 Å². The minimum Gasteiger partial charge on any atom is -0.325 e. The maximum atomic E-state index is 13.5. The molecule has 0 aliphatic carbocycles. The van der Waals surface area contributed by atoms with E-state index in [-0.39, 0.29) is 5.82 Å². The first-order valence-electron chi connectivity index (χ1n) is 5.25. The van der Waals surface area contributed by atoms with Crippen molar-refractivity contribution in [1.82, 2.24) is 9.55 Å². The predicted octanol–water partition coefficient (Wildman–Crippen LogP) is 4.24. The van der Waals surface area contributed by atoms with Gasteiger partial charge in [-0.25, -0.2) is 9.37 Å². The average molecular weight is 305 g/mol. The Morgan fingerprint density at radius 3 is 2.89 bits per heavy atom. The van der Waals surface area contributed by atoms with Crippen LogP contribution in [-0.2, 0) is 18.7 Å². The molecule has 0 spiro atoms. The van der Waals surface area contributed by atoms with E-state index in [9.17, 15) is 4.39 Å². The summed E-state index contributed by atoms with van der Waals surface area (Å²) in [5.74, 6) is 0.646. The van der Waals surface area contributed by atoms with Gasteiger partial charge in [-0.1, -0.05) is 23.4 Å². The van der Waals surface area contributed by atoms with E-state index in [1.165, 1.54) is 23.9 Å². The van der Waals surface area contributed by atoms with Crippen LogP contribution in [0.3, 0.4) is 0 Å². The summed E-state index contributed by atoms with van der Waals surface area (Å²) >= 11 is 13.1. The zero-order valence-electron chi connectivity index (χ0n) is 9.66. The van der Waals surface area contributed by atoms with E-state index in [0.717, 1.165) is 10.9 Å². The normalized spacial score (nSPS) is 10.9. The lowest BCUT2D eigenvalue weighted by molar-refractivity contribution is 0.617. The number of aromatic nitrogens is 2. The Hall–Kier alpha value is -0.710. The summed E-state index contributed by atoms with van der Waals surface area (Å²) in [7, 11) is 1.89. The van der Waals surface area contributed by atoms with Crippen molar-refractivity contribution < 1.29 is 4.39 Å². The van der Waals surface area contributed by atoms with Crippen molar-refractivity contribution in [3.05, 3.63) is 46.5 Å². The molecule has 2 nitrogen and oxygen atoms in total. The molecule has 0 atom stereocenters. The van der Waals surface area contributed by atoms with Crippen LogP contribution in [0.5, 0.6) is 0 Å². The van der Waals surface area contributed by atoms with Crippen molar-refractivity contribution in [3.63, 3.8) is 0 Å². The highest BCUT2D eigenvalue weighted by molar-refractivity contribution is 7.98. The third-order valence-corrected chi connectivity index (χ3v) is 4.14. The van der Waals surface area contributed by atoms with Crippen molar-refractivity contribution in [2.24, 2.45) is 7.05 Å². The molecule has 0 aliphatic rings. The second-order valence-electron chi connectivity index (χ2n) is 3.75. The molecular formula is C12H11Cl2FN2S. The minimum absolute atomic E-state index is 0.251. The van der Waals surface area contributed by atoms with Gasteiger partial charge in [0.05, 0.1) is 17.8 Å². The maximum Gasteiger partial charge on any atom is 0.168 e. The van der Waals surface area contributed by atoms with Gasteiger partial charge in [-0.3, -0.25) is 0 Å². The minimum atomic E-state index is -0.251. The van der Waals surface area contributed by atoms with Crippen LogP contribution >= 0.6 is 35.0 Å². The van der Waals surface area contributed by atoms with Crippen molar-refractivity contribution in [3.8, 4) is 0 Å². The number of halogens is 3. The molecule has 0 amide bonds. The van der Waals surface area contributed by atoms with Gasteiger partial charge in [0.25, 0.3) is 0 Å². The van der Waals surface area contributed by atoms with Crippen molar-refractivity contribution in [2.45, 2.75) is 16.8 Å². The Morgan fingerprint density at radius 1 is 1.44 bits per heavy atom. The standard InChI is InChI=1S/C12H11Cl2FN2S/c1-17-10(5-13)6-16-12(17)18-7-8-4-9(14)2-3-11(8)15/h2-4,6H,5,7H2,1H3. The van der Waals surface area contributed by atoms with Gasteiger partial charge in [0, 0.05) is 17.8 Å². The number of benzene rings is 1. The molecule has 6 heteroatoms. The van der Waals surface area contributed by atoms with E-state index in [1.54, 1.807) is 12.3 Å². The van der Waals surface area contributed by atoms with Crippen LogP contribution in [0, 0.1) is 5.82 Å². The van der Waals surface area contributed by atoms with Gasteiger partial charge in [-0.15, -0.1) is 11.6 Å². The van der Waals surface area contributed by atoms with E-state index in [2.05, 4.69) is 4.98 Å². The van der Waals surface area contributed by atoms with Gasteiger partial charge in [-0.05, 0) is 23.8 Å². The van der Waals surface area contributed by atoms with Crippen LogP contribution in [0.4, 0.5) is 4.39 Å². The molecule has 0 saturated carbocycles. The molecule has 0 fully saturated rings. The second-order valence-corrected chi connectivity index (χ2v) is 5.40. The summed E-state index contributed by atoms with van der Waals surface area (Å²) in [6, 6.07) is 4.55. The lowest BCUT2D eigenvalue weighted by Crippen LogP contribution is -1.96. The van der Waals surface area contributed by atoms with Crippen LogP contribution in [0.25, 0.3) is 0 Å². The third kappa shape index (κ3) is 2.99. The van der Waals surface area contributed by atoms with E-state index < -0.39 is 0 Å². The predicted molar refractivity (Wildman–Crippen MR) is 73.7 cm³/mol. The van der Waals surface area contributed by atoms with Crippen LogP contribution in [0.15, 0.2) is 29.6 Å². The molecule has 0 saturated heterocycles. The van der Waals surface area contributed by atoms with Crippen LogP contribution < -0.4 is 0 Å². The van der Waals surface area contributed by atoms with Crippen LogP contribution in [0.1, 0.15) is 11.3 Å². The Balaban J connectivity index is 2.11. The highest BCUT2D eigenvalue weighted by Gasteiger charge is 2.09. The number of imidazole rings is 1. The third-order valence-electron chi connectivity index (χ3n) is 2.54. The highest BCUT2D eigenvalue weighted by Crippen LogP contribution is 2.25. The number of hydrogen-bond acceptors (Lipinski definition) is 2. The van der Waals surface area contributed by atoms with Gasteiger partial charge in [-0.2, -0.15) is 0 Å². The van der Waals surface area contributed by atoms with Crippen molar-refractivity contribution >= 4 is 35.0 Å². The Kier molecular flexibility index (Phi) is 4.54. The Bertz CT molecular complexity index is 557. The summed E-state index contributed by atoms with van der Waals surface area (Å²) in [6.07, 6.45) is 1.73. The molecule has 0 N–H and O–H groups in total. The quantitative estimate of drug-likeness (QED) is 0.621. The first kappa shape index (κ1) is 13.7. The molecule has 1 heterocycles. The molecular weight excluding hydrogens is 294 g/mol. The smallest absolute Gasteiger partial charge is 0.168 e. The fourth-order valence-electron chi connectivity index (χ4n) is 1.48. The highest BCUT2D eigenvalue weighted by atomic mass is 35.5. The zero-order chi connectivity index (χ0) is 13.1. The van der Waals surface area contributed by atoms with E-state index in [1.807, 2.05) is 11.6 Å². The fourth-order valence-corrected chi connectivity index (χ4v) is 2.87. The molecule has 0 unspecified atom stereocenters. The summed E-state index contributed by atoms with van der Waals surface area (Å²) in [6.45, 7) is 0. The van der Waals surface area contributed by atoms with E-state index in [0.29, 0.717) is 22.2 Å². The maximum absolute atomic E-state index is 13.5. The monoisotopic (exact) mass is 304 g/mol. The number of thioether (sulfide) groups is 1. The Morgan fingerprint density at radius 2 is 2.22 bits per heavy atom. The van der Waals surface area contributed by atoms with Gasteiger partial charge in [0.2, 0.25) is 0 Å². The SMILES string of the molecule is Cn1c(CCl)cnc1SCc1cc(Cl)ccc1F. The van der Waals surface area contributed by atoms with Crippen LogP contribution in [0.2, 0.25) is 5.02 Å². The topological polar surface area (TPSA) is 17.8 Å². The molecule has 96 valence electrons. The number of alkyl halides is 1. The summed E-state index contributed by atoms with van der Waals surface area (Å²) in [5, 5.41) is 1.35. The summed E-state index contributed by atoms with van der Waals surface area (Å²) in [4.78, 5) is 4.24. The van der Waals surface area contributed by atoms with Gasteiger partial charge in [0.15, 0.2) is 5.16 Å². The zero-order valence-corrected chi connectivity index (χ0v) is 12.0. The number of hydrogen-bond donors (Lipinski definition) is 0. The average Bonchev–Trinajstić information content (AvgIpc) is 2.71. The fraction of sp³-hybridized carbons (Fsp3) is 0.250. The number of rotatable bonds is 4. The molecule has 0 bridgehead atoms. The molecule has 18 heavy (non-hydrogen) atoms. The first-order valence-corrected chi connectivity index (χ1v) is 7.15. The molecule has 2 aromatic rings. The molecule has 0 radical (unpaired) electrons. The van der Waals surface area contributed by atoms with Crippen molar-refractivity contribution in [1.29, 1.82) is 0 Å². The summed E-state index contributed by atoms with van der Waals surface area (Å²) < 4.78 is 15.4. The molecule has 1 aromatic heterocycles. The van der Waals surface area contributed by atoms with Crippen LogP contribution in [-0.4, -0.2) is 9.55 Å². The second kappa shape index (κ2) is 5.95. The van der Waals surface area contributed by atoms with E-state index >= 15 is 0 Å².